The van der Waals surface area contributed by atoms with Gasteiger partial charge >= 0.3 is 0 Å². The Balaban J connectivity index is 1.56. The van der Waals surface area contributed by atoms with E-state index in [2.05, 4.69) is 16.0 Å². The fourth-order valence-corrected chi connectivity index (χ4v) is 5.66. The summed E-state index contributed by atoms with van der Waals surface area (Å²) in [6, 6.07) is 10.4. The summed E-state index contributed by atoms with van der Waals surface area (Å²) < 4.78 is 39.2. The predicted octanol–water partition coefficient (Wildman–Crippen LogP) is 3.29. The number of rotatable bonds is 6. The molecule has 2 atom stereocenters. The maximum Gasteiger partial charge on any atom is 0.241 e. The normalized spacial score (nSPS) is 19.1. The maximum atomic E-state index is 13.2. The van der Waals surface area contributed by atoms with Gasteiger partial charge in [0.25, 0.3) is 0 Å². The number of hydrogen-bond acceptors (Lipinski definition) is 6. The molecule has 0 bridgehead atoms. The molecule has 0 saturated carbocycles. The van der Waals surface area contributed by atoms with Gasteiger partial charge in [-0.25, -0.2) is 12.8 Å². The minimum absolute atomic E-state index is 0.0291. The number of anilines is 1. The van der Waals surface area contributed by atoms with Gasteiger partial charge in [0.1, 0.15) is 11.3 Å². The number of thioether (sulfide) groups is 1. The maximum absolute atomic E-state index is 13.2. The van der Waals surface area contributed by atoms with Gasteiger partial charge in [0.05, 0.1) is 15.7 Å². The van der Waals surface area contributed by atoms with Crippen molar-refractivity contribution in [1.29, 1.82) is 0 Å². The van der Waals surface area contributed by atoms with Gasteiger partial charge in [-0.2, -0.15) is 0 Å². The number of hydrogen-bond donors (Lipinski definition) is 3. The molecule has 3 N–H and O–H groups in total. The topological polar surface area (TPSA) is 104 Å². The van der Waals surface area contributed by atoms with E-state index in [4.69, 9.17) is 11.6 Å². The molecule has 1 fully saturated rings. The van der Waals surface area contributed by atoms with E-state index in [1.807, 2.05) is 20.8 Å². The molecule has 2 amide bonds. The molecule has 11 heteroatoms. The summed E-state index contributed by atoms with van der Waals surface area (Å²) in [6.07, 6.45) is 0. The highest BCUT2D eigenvalue weighted by Crippen LogP contribution is 2.26. The summed E-state index contributed by atoms with van der Waals surface area (Å²) in [7, 11) is -3.88. The van der Waals surface area contributed by atoms with Crippen LogP contribution >= 0.6 is 23.4 Å². The Morgan fingerprint density at radius 2 is 1.88 bits per heavy atom. The lowest BCUT2D eigenvalue weighted by atomic mass is 9.87. The van der Waals surface area contributed by atoms with Crippen LogP contribution in [0.15, 0.2) is 47.4 Å². The molecule has 0 spiro atoms. The first-order chi connectivity index (χ1) is 15.4. The SMILES string of the molecule is CC(C)(C)c1ccc(S(=O)(=O)C2CNC(SCC(=O)Nc3ccc(F)c(Cl)c3)NC2=O)cc1. The number of amides is 2. The lowest BCUT2D eigenvalue weighted by Crippen LogP contribution is -2.59. The van der Waals surface area contributed by atoms with Crippen molar-refractivity contribution in [2.75, 3.05) is 17.6 Å². The Bertz CT molecular complexity index is 1150. The number of halogens is 2. The average molecular weight is 514 g/mol. The van der Waals surface area contributed by atoms with Crippen LogP contribution in [0, 0.1) is 5.82 Å². The molecule has 1 heterocycles. The smallest absolute Gasteiger partial charge is 0.241 e. The van der Waals surface area contributed by atoms with Crippen LogP contribution in [0.3, 0.4) is 0 Å². The van der Waals surface area contributed by atoms with Crippen LogP contribution in [0.2, 0.25) is 5.02 Å². The highest BCUT2D eigenvalue weighted by Gasteiger charge is 2.38. The third-order valence-electron chi connectivity index (χ3n) is 5.06. The summed E-state index contributed by atoms with van der Waals surface area (Å²) in [5, 5.41) is 6.75. The van der Waals surface area contributed by atoms with Crippen LogP contribution in [0.4, 0.5) is 10.1 Å². The van der Waals surface area contributed by atoms with Crippen LogP contribution < -0.4 is 16.0 Å². The molecular formula is C22H25ClFN3O4S2. The zero-order valence-electron chi connectivity index (χ0n) is 18.3. The Hall–Kier alpha value is -2.14. The van der Waals surface area contributed by atoms with Crippen LogP contribution in [0.1, 0.15) is 26.3 Å². The number of nitrogens with one attached hydrogen (secondary N) is 3. The molecule has 0 aromatic heterocycles. The monoisotopic (exact) mass is 513 g/mol. The second-order valence-corrected chi connectivity index (χ2v) is 12.2. The van der Waals surface area contributed by atoms with E-state index in [-0.39, 0.29) is 33.5 Å². The summed E-state index contributed by atoms with van der Waals surface area (Å²) >= 11 is 6.79. The quantitative estimate of drug-likeness (QED) is 0.547. The Labute approximate surface area is 201 Å². The van der Waals surface area contributed by atoms with Crippen molar-refractivity contribution in [3.8, 4) is 0 Å². The number of benzene rings is 2. The molecule has 1 aliphatic heterocycles. The molecule has 33 heavy (non-hydrogen) atoms. The first kappa shape index (κ1) is 25.5. The van der Waals surface area contributed by atoms with E-state index >= 15 is 0 Å². The highest BCUT2D eigenvalue weighted by molar-refractivity contribution is 8.00. The van der Waals surface area contributed by atoms with E-state index in [1.165, 1.54) is 24.3 Å². The Morgan fingerprint density at radius 3 is 2.45 bits per heavy atom. The molecule has 2 aromatic rings. The van der Waals surface area contributed by atoms with Gasteiger partial charge in [0.2, 0.25) is 11.8 Å². The second-order valence-electron chi connectivity index (χ2n) is 8.59. The summed E-state index contributed by atoms with van der Waals surface area (Å²) in [5.41, 5.74) is 0.586. The minimum Gasteiger partial charge on any atom is -0.331 e. The van der Waals surface area contributed by atoms with Crippen molar-refractivity contribution < 1.29 is 22.4 Å². The van der Waals surface area contributed by atoms with Gasteiger partial charge in [0, 0.05) is 12.2 Å². The Morgan fingerprint density at radius 1 is 1.21 bits per heavy atom. The fraction of sp³-hybridized carbons (Fsp3) is 0.364. The van der Waals surface area contributed by atoms with Gasteiger partial charge in [0.15, 0.2) is 15.1 Å². The van der Waals surface area contributed by atoms with Crippen LogP contribution in [-0.4, -0.2) is 43.3 Å². The molecule has 1 aliphatic rings. The summed E-state index contributed by atoms with van der Waals surface area (Å²) in [4.78, 5) is 24.8. The highest BCUT2D eigenvalue weighted by atomic mass is 35.5. The first-order valence-corrected chi connectivity index (χ1v) is 13.1. The zero-order valence-corrected chi connectivity index (χ0v) is 20.7. The average Bonchev–Trinajstić information content (AvgIpc) is 2.74. The van der Waals surface area contributed by atoms with Crippen molar-refractivity contribution in [3.63, 3.8) is 0 Å². The number of sulfone groups is 1. The number of carbonyl (C=O) groups excluding carboxylic acids is 2. The molecule has 178 valence electrons. The molecule has 0 radical (unpaired) electrons. The molecule has 2 unspecified atom stereocenters. The third-order valence-corrected chi connectivity index (χ3v) is 8.46. The Kier molecular flexibility index (Phi) is 7.73. The lowest BCUT2D eigenvalue weighted by molar-refractivity contribution is -0.122. The molecule has 7 nitrogen and oxygen atoms in total. The lowest BCUT2D eigenvalue weighted by Gasteiger charge is -2.29. The van der Waals surface area contributed by atoms with Crippen molar-refractivity contribution in [2.45, 2.75) is 41.8 Å². The van der Waals surface area contributed by atoms with Crippen molar-refractivity contribution >= 4 is 50.7 Å². The van der Waals surface area contributed by atoms with Gasteiger partial charge in [-0.05, 0) is 41.3 Å². The van der Waals surface area contributed by atoms with Gasteiger partial charge in [-0.1, -0.05) is 44.5 Å². The van der Waals surface area contributed by atoms with Crippen molar-refractivity contribution in [2.24, 2.45) is 0 Å². The van der Waals surface area contributed by atoms with Gasteiger partial charge < -0.3 is 10.6 Å². The minimum atomic E-state index is -3.88. The van der Waals surface area contributed by atoms with Gasteiger partial charge in [-0.3, -0.25) is 14.9 Å². The molecule has 2 aromatic carbocycles. The van der Waals surface area contributed by atoms with Crippen LogP contribution in [0.5, 0.6) is 0 Å². The molecular weight excluding hydrogens is 489 g/mol. The molecule has 3 rings (SSSR count). The van der Waals surface area contributed by atoms with E-state index < -0.39 is 32.3 Å². The van der Waals surface area contributed by atoms with E-state index in [1.54, 1.807) is 12.1 Å². The largest absolute Gasteiger partial charge is 0.331 e. The summed E-state index contributed by atoms with van der Waals surface area (Å²) in [6.45, 7) is 6.01. The van der Waals surface area contributed by atoms with E-state index in [9.17, 15) is 22.4 Å². The van der Waals surface area contributed by atoms with Crippen LogP contribution in [0.25, 0.3) is 0 Å². The summed E-state index contributed by atoms with van der Waals surface area (Å²) in [5.74, 6) is -1.63. The van der Waals surface area contributed by atoms with Crippen molar-refractivity contribution in [1.82, 2.24) is 10.6 Å². The van der Waals surface area contributed by atoms with Crippen molar-refractivity contribution in [3.05, 3.63) is 58.9 Å². The molecule has 0 aliphatic carbocycles. The molecule has 1 saturated heterocycles. The zero-order chi connectivity index (χ0) is 24.4. The van der Waals surface area contributed by atoms with Gasteiger partial charge in [-0.15, -0.1) is 11.8 Å². The first-order valence-electron chi connectivity index (χ1n) is 10.1. The van der Waals surface area contributed by atoms with Crippen LogP contribution in [-0.2, 0) is 24.8 Å². The standard InChI is InChI=1S/C22H25ClFN3O4S2/c1-22(2,3)13-4-7-15(8-5-13)33(30,31)18-11-25-21(27-20(18)29)32-12-19(28)26-14-6-9-17(24)16(23)10-14/h4-10,18,21,25H,11-12H2,1-3H3,(H,26,28)(H,27,29). The number of carbonyl (C=O) groups is 2. The predicted molar refractivity (Wildman–Crippen MR) is 129 cm³/mol. The second kappa shape index (κ2) is 10.0. The third kappa shape index (κ3) is 6.26. The van der Waals surface area contributed by atoms with E-state index in [0.717, 1.165) is 23.4 Å². The fourth-order valence-electron chi connectivity index (χ4n) is 3.17. The van der Waals surface area contributed by atoms with E-state index in [0.29, 0.717) is 5.69 Å².